The Bertz CT molecular complexity index is 470. The highest BCUT2D eigenvalue weighted by Gasteiger charge is 2.47. The maximum Gasteiger partial charge on any atom is 0.0513 e. The Labute approximate surface area is 125 Å². The molecule has 0 saturated heterocycles. The molecule has 0 spiro atoms. The summed E-state index contributed by atoms with van der Waals surface area (Å²) in [5.74, 6) is 4.65. The Morgan fingerprint density at radius 2 is 1.75 bits per heavy atom. The topological polar surface area (TPSA) is 0 Å². The molecule has 0 radical (unpaired) electrons. The first kappa shape index (κ1) is 13.1. The van der Waals surface area contributed by atoms with E-state index in [1.807, 2.05) is 0 Å². The van der Waals surface area contributed by atoms with Crippen LogP contribution in [0.2, 0.25) is 24.7 Å². The van der Waals surface area contributed by atoms with Gasteiger partial charge in [-0.2, -0.15) is 0 Å². The van der Waals surface area contributed by atoms with Gasteiger partial charge in [0.1, 0.15) is 0 Å². The summed E-state index contributed by atoms with van der Waals surface area (Å²) in [6.07, 6.45) is 20.6. The Morgan fingerprint density at radius 3 is 2.50 bits per heavy atom. The van der Waals surface area contributed by atoms with Crippen molar-refractivity contribution in [2.75, 3.05) is 0 Å². The molecule has 6 unspecified atom stereocenters. The predicted octanol–water partition coefficient (Wildman–Crippen LogP) is 5.43. The van der Waals surface area contributed by atoms with E-state index in [1.165, 1.54) is 25.7 Å². The molecule has 2 saturated carbocycles. The minimum atomic E-state index is -1.07. The van der Waals surface area contributed by atoms with E-state index in [2.05, 4.69) is 49.6 Å². The van der Waals surface area contributed by atoms with Gasteiger partial charge in [-0.25, -0.2) is 0 Å². The molecule has 0 N–H and O–H groups in total. The summed E-state index contributed by atoms with van der Waals surface area (Å²) in [5.41, 5.74) is 1.08. The second-order valence-electron chi connectivity index (χ2n) is 8.43. The zero-order chi connectivity index (χ0) is 13.7. The first-order chi connectivity index (χ1) is 9.63. The molecule has 0 aliphatic heterocycles. The molecule has 108 valence electrons. The fourth-order valence-electron chi connectivity index (χ4n) is 5.81. The minimum absolute atomic E-state index is 0.870. The molecule has 2 bridgehead atoms. The van der Waals surface area contributed by atoms with Crippen molar-refractivity contribution in [3.63, 3.8) is 0 Å². The maximum absolute atomic E-state index is 2.70. The van der Waals surface area contributed by atoms with Crippen LogP contribution in [0.3, 0.4) is 0 Å². The standard InChI is InChI=1S/C19H28Si/c1-20(2,19-12-14-7-8-16(19)11-14)13-17-10-9-15-5-3-4-6-18(15)17/h3-8,14-19H,9-13H2,1-2H3. The van der Waals surface area contributed by atoms with Gasteiger partial charge in [0.25, 0.3) is 0 Å². The smallest absolute Gasteiger partial charge is 0.0513 e. The van der Waals surface area contributed by atoms with Gasteiger partial charge in [0.2, 0.25) is 0 Å². The minimum Gasteiger partial charge on any atom is -0.0851 e. The van der Waals surface area contributed by atoms with Crippen molar-refractivity contribution < 1.29 is 0 Å². The zero-order valence-electron chi connectivity index (χ0n) is 13.0. The number of hydrogen-bond acceptors (Lipinski definition) is 0. The normalized spacial score (nSPS) is 45.3. The van der Waals surface area contributed by atoms with Crippen LogP contribution in [0.15, 0.2) is 36.5 Å². The van der Waals surface area contributed by atoms with Crippen LogP contribution in [0.5, 0.6) is 0 Å². The van der Waals surface area contributed by atoms with E-state index in [-0.39, 0.29) is 0 Å². The molecule has 0 amide bonds. The number of fused-ring (bicyclic) bond motifs is 3. The molecule has 4 aliphatic rings. The van der Waals surface area contributed by atoms with E-state index >= 15 is 0 Å². The van der Waals surface area contributed by atoms with Crippen molar-refractivity contribution >= 4 is 8.07 Å². The van der Waals surface area contributed by atoms with E-state index < -0.39 is 8.07 Å². The first-order valence-corrected chi connectivity index (χ1v) is 12.0. The molecule has 20 heavy (non-hydrogen) atoms. The fourth-order valence-corrected chi connectivity index (χ4v) is 10.3. The highest BCUT2D eigenvalue weighted by molar-refractivity contribution is 6.79. The van der Waals surface area contributed by atoms with Crippen molar-refractivity contribution in [2.45, 2.75) is 50.4 Å². The SMILES string of the molecule is C[Si](C)(CC1CCC2C=CC=CC21)C1CC2C=CC1C2. The second kappa shape index (κ2) is 4.73. The van der Waals surface area contributed by atoms with Crippen LogP contribution < -0.4 is 0 Å². The van der Waals surface area contributed by atoms with Crippen LogP contribution in [-0.2, 0) is 0 Å². The molecule has 0 heterocycles. The summed E-state index contributed by atoms with van der Waals surface area (Å²) < 4.78 is 0. The molecule has 4 rings (SSSR count). The first-order valence-electron chi connectivity index (χ1n) is 8.67. The molecule has 6 atom stereocenters. The summed E-state index contributed by atoms with van der Waals surface area (Å²) in [7, 11) is -1.07. The number of rotatable bonds is 3. The average molecular weight is 285 g/mol. The number of hydrogen-bond donors (Lipinski definition) is 0. The van der Waals surface area contributed by atoms with Gasteiger partial charge in [0, 0.05) is 0 Å². The van der Waals surface area contributed by atoms with Crippen molar-refractivity contribution in [3.05, 3.63) is 36.5 Å². The van der Waals surface area contributed by atoms with E-state index in [1.54, 1.807) is 6.04 Å². The van der Waals surface area contributed by atoms with Crippen LogP contribution in [-0.4, -0.2) is 8.07 Å². The summed E-state index contributed by atoms with van der Waals surface area (Å²) in [6.45, 7) is 5.39. The van der Waals surface area contributed by atoms with Crippen molar-refractivity contribution in [1.29, 1.82) is 0 Å². The second-order valence-corrected chi connectivity index (χ2v) is 13.6. The van der Waals surface area contributed by atoms with Crippen LogP contribution >= 0.6 is 0 Å². The highest BCUT2D eigenvalue weighted by atomic mass is 28.3. The van der Waals surface area contributed by atoms with Gasteiger partial charge >= 0.3 is 0 Å². The van der Waals surface area contributed by atoms with Gasteiger partial charge in [-0.05, 0) is 60.8 Å². The Hall–Kier alpha value is -0.563. The molecule has 0 nitrogen and oxygen atoms in total. The lowest BCUT2D eigenvalue weighted by Gasteiger charge is -2.37. The molecule has 2 fully saturated rings. The number of allylic oxidation sites excluding steroid dienone is 6. The largest absolute Gasteiger partial charge is 0.0851 e. The van der Waals surface area contributed by atoms with Crippen molar-refractivity contribution in [2.24, 2.45) is 29.6 Å². The van der Waals surface area contributed by atoms with Crippen molar-refractivity contribution in [1.82, 2.24) is 0 Å². The van der Waals surface area contributed by atoms with Crippen molar-refractivity contribution in [3.8, 4) is 0 Å². The van der Waals surface area contributed by atoms with E-state index in [9.17, 15) is 0 Å². The van der Waals surface area contributed by atoms with Gasteiger partial charge in [0.05, 0.1) is 8.07 Å². The Morgan fingerprint density at radius 1 is 0.900 bits per heavy atom. The van der Waals surface area contributed by atoms with Gasteiger partial charge in [0.15, 0.2) is 0 Å². The van der Waals surface area contributed by atoms with Crippen LogP contribution in [0.25, 0.3) is 0 Å². The maximum atomic E-state index is 2.70. The molecule has 0 aromatic heterocycles. The lowest BCUT2D eigenvalue weighted by molar-refractivity contribution is 0.443. The van der Waals surface area contributed by atoms with Crippen LogP contribution in [0, 0.1) is 29.6 Å². The molecular formula is C19H28Si. The van der Waals surface area contributed by atoms with E-state index in [0.717, 1.165) is 35.1 Å². The van der Waals surface area contributed by atoms with Gasteiger partial charge < -0.3 is 0 Å². The summed E-state index contributed by atoms with van der Waals surface area (Å²) in [4.78, 5) is 0. The summed E-state index contributed by atoms with van der Waals surface area (Å²) in [5, 5.41) is 0. The lowest BCUT2D eigenvalue weighted by atomic mass is 9.87. The Kier molecular flexibility index (Phi) is 3.10. The quantitative estimate of drug-likeness (QED) is 0.479. The molecule has 0 aromatic rings. The van der Waals surface area contributed by atoms with E-state index in [4.69, 9.17) is 0 Å². The van der Waals surface area contributed by atoms with Crippen LogP contribution in [0.4, 0.5) is 0 Å². The third kappa shape index (κ3) is 2.09. The van der Waals surface area contributed by atoms with E-state index in [0.29, 0.717) is 0 Å². The van der Waals surface area contributed by atoms with Crippen LogP contribution in [0.1, 0.15) is 25.7 Å². The highest BCUT2D eigenvalue weighted by Crippen LogP contribution is 2.55. The average Bonchev–Trinajstić information content (AvgIpc) is 3.14. The summed E-state index contributed by atoms with van der Waals surface area (Å²) in [6, 6.07) is 1.58. The molecule has 4 aliphatic carbocycles. The third-order valence-corrected chi connectivity index (χ3v) is 11.0. The summed E-state index contributed by atoms with van der Waals surface area (Å²) >= 11 is 0. The predicted molar refractivity (Wildman–Crippen MR) is 89.4 cm³/mol. The van der Waals surface area contributed by atoms with Gasteiger partial charge in [-0.1, -0.05) is 55.6 Å². The molecule has 1 heteroatoms. The zero-order valence-corrected chi connectivity index (χ0v) is 14.0. The van der Waals surface area contributed by atoms with Gasteiger partial charge in [-0.3, -0.25) is 0 Å². The lowest BCUT2D eigenvalue weighted by Crippen LogP contribution is -2.37. The van der Waals surface area contributed by atoms with Gasteiger partial charge in [-0.15, -0.1) is 0 Å². The Balaban J connectivity index is 1.47. The molecule has 0 aromatic carbocycles. The molecular weight excluding hydrogens is 256 g/mol. The fraction of sp³-hybridized carbons (Fsp3) is 0.684. The third-order valence-electron chi connectivity index (χ3n) is 6.78. The monoisotopic (exact) mass is 284 g/mol.